The number of nitrogens with zero attached hydrogens (tertiary/aromatic N) is 1. The minimum Gasteiger partial charge on any atom is -0.497 e. The van der Waals surface area contributed by atoms with Gasteiger partial charge in [-0.3, -0.25) is 10.1 Å². The van der Waals surface area contributed by atoms with Crippen molar-refractivity contribution in [1.82, 2.24) is 4.98 Å². The molecule has 2 aromatic carbocycles. The van der Waals surface area contributed by atoms with Gasteiger partial charge in [0, 0.05) is 34.0 Å². The Balaban J connectivity index is 1.39. The van der Waals surface area contributed by atoms with Gasteiger partial charge in [-0.15, -0.1) is 11.3 Å². The zero-order valence-electron chi connectivity index (χ0n) is 15.5. The predicted octanol–water partition coefficient (Wildman–Crippen LogP) is 5.79. The average Bonchev–Trinajstić information content (AvgIpc) is 3.32. The molecule has 0 unspecified atom stereocenters. The first kappa shape index (κ1) is 19.2. The smallest absolute Gasteiger partial charge is 0.250 e. The Hall–Kier alpha value is -3.09. The quantitative estimate of drug-likeness (QED) is 0.397. The van der Waals surface area contributed by atoms with Gasteiger partial charge in [-0.05, 0) is 48.0 Å². The first-order valence-electron chi connectivity index (χ1n) is 8.85. The second-order valence-electron chi connectivity index (χ2n) is 6.31. The molecule has 0 aliphatic heterocycles. The number of fused-ring (bicyclic) bond motifs is 1. The molecule has 0 aliphatic carbocycles. The fourth-order valence-corrected chi connectivity index (χ4v) is 3.91. The van der Waals surface area contributed by atoms with Crippen molar-refractivity contribution in [2.24, 2.45) is 0 Å². The van der Waals surface area contributed by atoms with Crippen molar-refractivity contribution >= 4 is 51.0 Å². The molecule has 0 aliphatic rings. The van der Waals surface area contributed by atoms with Crippen LogP contribution in [0, 0.1) is 0 Å². The van der Waals surface area contributed by atoms with Crippen molar-refractivity contribution in [1.29, 1.82) is 0 Å². The van der Waals surface area contributed by atoms with Crippen LogP contribution in [-0.2, 0) is 11.2 Å². The molecule has 7 heteroatoms. The van der Waals surface area contributed by atoms with Gasteiger partial charge in [0.05, 0.1) is 7.11 Å². The lowest BCUT2D eigenvalue weighted by Crippen LogP contribution is -2.06. The third-order valence-corrected chi connectivity index (χ3v) is 5.34. The lowest BCUT2D eigenvalue weighted by atomic mass is 10.1. The van der Waals surface area contributed by atoms with Gasteiger partial charge >= 0.3 is 0 Å². The summed E-state index contributed by atoms with van der Waals surface area (Å²) in [5, 5.41) is 4.94. The Morgan fingerprint density at radius 3 is 3.00 bits per heavy atom. The molecule has 0 saturated carbocycles. The van der Waals surface area contributed by atoms with E-state index >= 15 is 0 Å². The van der Waals surface area contributed by atoms with Crippen molar-refractivity contribution < 1.29 is 13.9 Å². The Kier molecular flexibility index (Phi) is 5.64. The largest absolute Gasteiger partial charge is 0.497 e. The van der Waals surface area contributed by atoms with E-state index in [0.717, 1.165) is 27.2 Å². The molecule has 0 saturated heterocycles. The van der Waals surface area contributed by atoms with E-state index in [1.54, 1.807) is 19.4 Å². The highest BCUT2D eigenvalue weighted by atomic mass is 35.5. The summed E-state index contributed by atoms with van der Waals surface area (Å²) in [7, 11) is 1.62. The highest BCUT2D eigenvalue weighted by molar-refractivity contribution is 7.15. The monoisotopic (exact) mass is 424 g/mol. The van der Waals surface area contributed by atoms with Gasteiger partial charge in [-0.2, -0.15) is 0 Å². The van der Waals surface area contributed by atoms with E-state index in [1.165, 1.54) is 17.4 Å². The van der Waals surface area contributed by atoms with Crippen LogP contribution >= 0.6 is 22.9 Å². The number of benzene rings is 2. The number of methoxy groups -OCH3 is 1. The zero-order chi connectivity index (χ0) is 20.2. The maximum atomic E-state index is 12.2. The van der Waals surface area contributed by atoms with Crippen LogP contribution in [0.15, 0.2) is 65.2 Å². The maximum Gasteiger partial charge on any atom is 0.250 e. The van der Waals surface area contributed by atoms with Crippen molar-refractivity contribution in [3.05, 3.63) is 82.0 Å². The first-order valence-corrected chi connectivity index (χ1v) is 10.0. The van der Waals surface area contributed by atoms with E-state index in [1.807, 2.05) is 48.5 Å². The molecule has 1 N–H and O–H groups in total. The van der Waals surface area contributed by atoms with Gasteiger partial charge < -0.3 is 9.15 Å². The van der Waals surface area contributed by atoms with E-state index in [4.69, 9.17) is 20.8 Å². The average molecular weight is 425 g/mol. The van der Waals surface area contributed by atoms with Crippen molar-refractivity contribution in [2.45, 2.75) is 6.42 Å². The molecule has 0 fully saturated rings. The Labute approximate surface area is 176 Å². The number of halogens is 1. The normalized spacial score (nSPS) is 11.2. The Morgan fingerprint density at radius 2 is 2.17 bits per heavy atom. The van der Waals surface area contributed by atoms with Crippen LogP contribution in [0.2, 0.25) is 5.02 Å². The number of nitrogens with one attached hydrogen (secondary N) is 1. The molecule has 1 amide bonds. The number of hydrogen-bond acceptors (Lipinski definition) is 5. The minimum absolute atomic E-state index is 0.272. The predicted molar refractivity (Wildman–Crippen MR) is 117 cm³/mol. The molecule has 2 aromatic heterocycles. The van der Waals surface area contributed by atoms with Crippen LogP contribution in [0.25, 0.3) is 17.0 Å². The van der Waals surface area contributed by atoms with E-state index in [0.29, 0.717) is 22.3 Å². The summed E-state index contributed by atoms with van der Waals surface area (Å²) in [5.74, 6) is 1.07. The number of carbonyl (C=O) groups is 1. The number of anilines is 1. The number of thiazole rings is 1. The summed E-state index contributed by atoms with van der Waals surface area (Å²) in [4.78, 5) is 17.5. The molecule has 4 aromatic rings. The molecule has 146 valence electrons. The van der Waals surface area contributed by atoms with Gasteiger partial charge in [-0.25, -0.2) is 4.98 Å². The maximum absolute atomic E-state index is 12.2. The molecular weight excluding hydrogens is 408 g/mol. The van der Waals surface area contributed by atoms with E-state index < -0.39 is 0 Å². The number of rotatable bonds is 6. The van der Waals surface area contributed by atoms with Crippen LogP contribution < -0.4 is 10.1 Å². The summed E-state index contributed by atoms with van der Waals surface area (Å²) in [6.07, 6.45) is 5.53. The minimum atomic E-state index is -0.272. The fourth-order valence-electron chi connectivity index (χ4n) is 2.85. The highest BCUT2D eigenvalue weighted by Gasteiger charge is 2.07. The summed E-state index contributed by atoms with van der Waals surface area (Å²) in [5.41, 5.74) is 1.83. The summed E-state index contributed by atoms with van der Waals surface area (Å²) >= 11 is 7.45. The Morgan fingerprint density at radius 1 is 1.28 bits per heavy atom. The van der Waals surface area contributed by atoms with E-state index in [-0.39, 0.29) is 5.91 Å². The number of aromatic nitrogens is 1. The summed E-state index contributed by atoms with van der Waals surface area (Å²) in [6, 6.07) is 15.1. The lowest BCUT2D eigenvalue weighted by molar-refractivity contribution is -0.111. The van der Waals surface area contributed by atoms with Gasteiger partial charge in [-0.1, -0.05) is 23.7 Å². The highest BCUT2D eigenvalue weighted by Crippen LogP contribution is 2.25. The van der Waals surface area contributed by atoms with E-state index in [2.05, 4.69) is 10.3 Å². The number of ether oxygens (including phenoxy) is 1. The first-order chi connectivity index (χ1) is 14.1. The third kappa shape index (κ3) is 4.85. The number of hydrogen-bond donors (Lipinski definition) is 1. The van der Waals surface area contributed by atoms with Crippen LogP contribution in [-0.4, -0.2) is 18.0 Å². The van der Waals surface area contributed by atoms with Crippen LogP contribution in [0.1, 0.15) is 16.2 Å². The van der Waals surface area contributed by atoms with Gasteiger partial charge in [0.2, 0.25) is 5.91 Å². The van der Waals surface area contributed by atoms with Crippen LogP contribution in [0.5, 0.6) is 5.75 Å². The van der Waals surface area contributed by atoms with E-state index in [9.17, 15) is 4.79 Å². The number of carbonyl (C=O) groups excluding carboxylic acids is 1. The van der Waals surface area contributed by atoms with Gasteiger partial charge in [0.1, 0.15) is 17.1 Å². The molecule has 0 bridgehead atoms. The SMILES string of the molecule is COc1ccc2oc(/C=C/C(=O)Nc3ncc(Cc4cccc(Cl)c4)s3)cc2c1. The van der Waals surface area contributed by atoms with Crippen LogP contribution in [0.4, 0.5) is 5.13 Å². The standard InChI is InChI=1S/C22H17ClN2O3S/c1-27-17-5-7-20-15(11-17)12-18(28-20)6-8-21(26)25-22-24-13-19(29-22)10-14-3-2-4-16(23)9-14/h2-9,11-13H,10H2,1H3,(H,24,25,26)/b8-6+. The van der Waals surface area contributed by atoms with Crippen molar-refractivity contribution in [2.75, 3.05) is 12.4 Å². The number of furan rings is 1. The Bertz CT molecular complexity index is 1200. The number of amides is 1. The summed E-state index contributed by atoms with van der Waals surface area (Å²) < 4.78 is 10.9. The fraction of sp³-hybridized carbons (Fsp3) is 0.0909. The molecule has 5 nitrogen and oxygen atoms in total. The molecule has 29 heavy (non-hydrogen) atoms. The molecule has 4 rings (SSSR count). The van der Waals surface area contributed by atoms with Crippen LogP contribution in [0.3, 0.4) is 0 Å². The van der Waals surface area contributed by atoms with Crippen molar-refractivity contribution in [3.63, 3.8) is 0 Å². The third-order valence-electron chi connectivity index (χ3n) is 4.19. The molecule has 2 heterocycles. The van der Waals surface area contributed by atoms with Gasteiger partial charge in [0.15, 0.2) is 5.13 Å². The lowest BCUT2D eigenvalue weighted by Gasteiger charge is -1.98. The second kappa shape index (κ2) is 8.51. The topological polar surface area (TPSA) is 64.4 Å². The molecule has 0 atom stereocenters. The van der Waals surface area contributed by atoms with Crippen molar-refractivity contribution in [3.8, 4) is 5.75 Å². The molecule has 0 spiro atoms. The van der Waals surface area contributed by atoms with Gasteiger partial charge in [0.25, 0.3) is 0 Å². The summed E-state index contributed by atoms with van der Waals surface area (Å²) in [6.45, 7) is 0. The molecule has 0 radical (unpaired) electrons. The zero-order valence-corrected chi connectivity index (χ0v) is 17.1. The second-order valence-corrected chi connectivity index (χ2v) is 7.87. The molecular formula is C22H17ClN2O3S.